The van der Waals surface area contributed by atoms with Crippen molar-refractivity contribution in [2.45, 2.75) is 39.7 Å². The van der Waals surface area contributed by atoms with Gasteiger partial charge in [-0.05, 0) is 50.7 Å². The molecule has 1 atom stereocenters. The van der Waals surface area contributed by atoms with E-state index in [4.69, 9.17) is 0 Å². The smallest absolute Gasteiger partial charge is 0.264 e. The monoisotopic (exact) mass is 395 g/mol. The molecular weight excluding hydrogens is 370 g/mol. The summed E-state index contributed by atoms with van der Waals surface area (Å²) < 4.78 is 0. The van der Waals surface area contributed by atoms with Crippen molar-refractivity contribution < 1.29 is 9.90 Å². The first kappa shape index (κ1) is 19.0. The average Bonchev–Trinajstić information content (AvgIpc) is 3.04. The van der Waals surface area contributed by atoms with Crippen LogP contribution in [0, 0.1) is 26.7 Å². The van der Waals surface area contributed by atoms with Gasteiger partial charge in [0.1, 0.15) is 10.7 Å². The number of hydrogen-bond acceptors (Lipinski definition) is 5. The number of carbonyl (C=O) groups excluding carboxylic acids is 1. The van der Waals surface area contributed by atoms with Crippen molar-refractivity contribution >= 4 is 27.5 Å². The standard InChI is InChI=1S/C22H25N3O2S/c1-13-18-14(2)23-15(3)24-21(18)28-20(13)22(27)25-11-9-17(10-12-25)19(26)16-7-5-4-6-8-16/h4-8,17,19,26H,9-12H2,1-3H3. The highest BCUT2D eigenvalue weighted by molar-refractivity contribution is 7.20. The van der Waals surface area contributed by atoms with Gasteiger partial charge in [-0.2, -0.15) is 0 Å². The zero-order valence-corrected chi connectivity index (χ0v) is 17.3. The molecule has 5 nitrogen and oxygen atoms in total. The fourth-order valence-electron chi connectivity index (χ4n) is 4.16. The fraction of sp³-hybridized carbons (Fsp3) is 0.409. The number of amides is 1. The Morgan fingerprint density at radius 1 is 1.14 bits per heavy atom. The van der Waals surface area contributed by atoms with Gasteiger partial charge in [-0.25, -0.2) is 9.97 Å². The Morgan fingerprint density at radius 3 is 2.50 bits per heavy atom. The van der Waals surface area contributed by atoms with E-state index < -0.39 is 6.10 Å². The van der Waals surface area contributed by atoms with Crippen LogP contribution in [0.4, 0.5) is 0 Å². The Hall–Kier alpha value is -2.31. The first-order valence-electron chi connectivity index (χ1n) is 9.72. The van der Waals surface area contributed by atoms with Gasteiger partial charge in [0.2, 0.25) is 0 Å². The van der Waals surface area contributed by atoms with Gasteiger partial charge in [-0.3, -0.25) is 4.79 Å². The Labute approximate surface area is 169 Å². The van der Waals surface area contributed by atoms with Crippen molar-refractivity contribution in [1.29, 1.82) is 0 Å². The highest BCUT2D eigenvalue weighted by Gasteiger charge is 2.30. The van der Waals surface area contributed by atoms with Crippen LogP contribution in [-0.4, -0.2) is 39.0 Å². The van der Waals surface area contributed by atoms with E-state index in [0.717, 1.165) is 50.6 Å². The van der Waals surface area contributed by atoms with Crippen molar-refractivity contribution in [3.8, 4) is 0 Å². The number of fused-ring (bicyclic) bond motifs is 1. The quantitative estimate of drug-likeness (QED) is 0.722. The number of thiophene rings is 1. The van der Waals surface area contributed by atoms with Gasteiger partial charge in [0.05, 0.1) is 11.0 Å². The van der Waals surface area contributed by atoms with Gasteiger partial charge >= 0.3 is 0 Å². The topological polar surface area (TPSA) is 66.3 Å². The lowest BCUT2D eigenvalue weighted by Crippen LogP contribution is -2.39. The second-order valence-electron chi connectivity index (χ2n) is 7.58. The molecule has 6 heteroatoms. The van der Waals surface area contributed by atoms with Crippen molar-refractivity contribution in [2.24, 2.45) is 5.92 Å². The van der Waals surface area contributed by atoms with Crippen molar-refractivity contribution in [2.75, 3.05) is 13.1 Å². The minimum absolute atomic E-state index is 0.0743. The molecule has 1 amide bonds. The number of aryl methyl sites for hydroxylation is 3. The zero-order chi connectivity index (χ0) is 19.8. The van der Waals surface area contributed by atoms with Gasteiger partial charge < -0.3 is 10.0 Å². The van der Waals surface area contributed by atoms with Crippen molar-refractivity contribution in [1.82, 2.24) is 14.9 Å². The van der Waals surface area contributed by atoms with Crippen molar-refractivity contribution in [3.63, 3.8) is 0 Å². The predicted molar refractivity (Wildman–Crippen MR) is 112 cm³/mol. The average molecular weight is 396 g/mol. The van der Waals surface area contributed by atoms with Crippen LogP contribution in [0.3, 0.4) is 0 Å². The molecule has 3 aromatic rings. The lowest BCUT2D eigenvalue weighted by atomic mass is 9.87. The number of aromatic nitrogens is 2. The molecule has 0 bridgehead atoms. The Morgan fingerprint density at radius 2 is 1.82 bits per heavy atom. The van der Waals surface area contributed by atoms with Crippen LogP contribution in [0.25, 0.3) is 10.2 Å². The van der Waals surface area contributed by atoms with E-state index in [-0.39, 0.29) is 11.8 Å². The summed E-state index contributed by atoms with van der Waals surface area (Å²) in [6, 6.07) is 9.79. The molecule has 28 heavy (non-hydrogen) atoms. The summed E-state index contributed by atoms with van der Waals surface area (Å²) in [5, 5.41) is 11.7. The van der Waals surface area contributed by atoms with Crippen LogP contribution < -0.4 is 0 Å². The first-order chi connectivity index (χ1) is 13.5. The van der Waals surface area contributed by atoms with Gasteiger partial charge in [-0.15, -0.1) is 11.3 Å². The van der Waals surface area contributed by atoms with Crippen molar-refractivity contribution in [3.05, 3.63) is 57.9 Å². The molecule has 1 aliphatic rings. The number of rotatable bonds is 3. The molecule has 0 saturated carbocycles. The lowest BCUT2D eigenvalue weighted by Gasteiger charge is -2.34. The van der Waals surface area contributed by atoms with E-state index in [2.05, 4.69) is 9.97 Å². The minimum atomic E-state index is -0.467. The molecule has 1 N–H and O–H groups in total. The molecule has 146 valence electrons. The zero-order valence-electron chi connectivity index (χ0n) is 16.5. The van der Waals surface area contributed by atoms with E-state index in [1.165, 1.54) is 11.3 Å². The van der Waals surface area contributed by atoms with E-state index in [1.807, 2.05) is 56.0 Å². The summed E-state index contributed by atoms with van der Waals surface area (Å²) in [5.41, 5.74) is 2.87. The second kappa shape index (κ2) is 7.60. The van der Waals surface area contributed by atoms with Gasteiger partial charge in [0.25, 0.3) is 5.91 Å². The van der Waals surface area contributed by atoms with E-state index >= 15 is 0 Å². The molecular formula is C22H25N3O2S. The third-order valence-corrected chi connectivity index (χ3v) is 6.87. The number of aliphatic hydroxyl groups excluding tert-OH is 1. The SMILES string of the molecule is Cc1nc(C)c2c(C)c(C(=O)N3CCC(C(O)c4ccccc4)CC3)sc2n1. The molecule has 3 heterocycles. The highest BCUT2D eigenvalue weighted by Crippen LogP contribution is 2.35. The van der Waals surface area contributed by atoms with E-state index in [9.17, 15) is 9.90 Å². The Bertz CT molecular complexity index is 1010. The van der Waals surface area contributed by atoms with Gasteiger partial charge in [-0.1, -0.05) is 30.3 Å². The van der Waals surface area contributed by atoms with Crippen LogP contribution in [0.1, 0.15) is 51.3 Å². The molecule has 0 aliphatic carbocycles. The largest absolute Gasteiger partial charge is 0.388 e. The van der Waals surface area contributed by atoms with Gasteiger partial charge in [0, 0.05) is 24.2 Å². The number of nitrogens with zero attached hydrogens (tertiary/aromatic N) is 3. The molecule has 1 unspecified atom stereocenters. The second-order valence-corrected chi connectivity index (χ2v) is 8.58. The molecule has 2 aromatic heterocycles. The molecule has 1 saturated heterocycles. The molecule has 1 aromatic carbocycles. The molecule has 0 radical (unpaired) electrons. The molecule has 0 spiro atoms. The fourth-order valence-corrected chi connectivity index (χ4v) is 5.41. The first-order valence-corrected chi connectivity index (χ1v) is 10.5. The number of benzene rings is 1. The summed E-state index contributed by atoms with van der Waals surface area (Å²) >= 11 is 1.47. The van der Waals surface area contributed by atoms with Crippen LogP contribution in [0.15, 0.2) is 30.3 Å². The summed E-state index contributed by atoms with van der Waals surface area (Å²) in [5.74, 6) is 0.997. The molecule has 1 aliphatic heterocycles. The summed E-state index contributed by atoms with van der Waals surface area (Å²) in [6.07, 6.45) is 1.15. The number of hydrogen-bond donors (Lipinski definition) is 1. The van der Waals surface area contributed by atoms with Crippen LogP contribution >= 0.6 is 11.3 Å². The summed E-state index contributed by atoms with van der Waals surface area (Å²) in [7, 11) is 0. The maximum atomic E-state index is 13.2. The predicted octanol–water partition coefficient (Wildman–Crippen LogP) is 4.20. The maximum Gasteiger partial charge on any atom is 0.264 e. The number of carbonyl (C=O) groups is 1. The molecule has 4 rings (SSSR count). The Kier molecular flexibility index (Phi) is 5.17. The number of likely N-dealkylation sites (tertiary alicyclic amines) is 1. The summed E-state index contributed by atoms with van der Waals surface area (Å²) in [6.45, 7) is 7.19. The Balaban J connectivity index is 1.49. The normalized spacial score (nSPS) is 16.5. The number of aliphatic hydroxyl groups is 1. The van der Waals surface area contributed by atoms with Gasteiger partial charge in [0.15, 0.2) is 0 Å². The number of piperidine rings is 1. The third kappa shape index (κ3) is 3.42. The van der Waals surface area contributed by atoms with E-state index in [0.29, 0.717) is 13.1 Å². The van der Waals surface area contributed by atoms with Crippen LogP contribution in [0.2, 0.25) is 0 Å². The maximum absolute atomic E-state index is 13.2. The molecule has 1 fully saturated rings. The summed E-state index contributed by atoms with van der Waals surface area (Å²) in [4.78, 5) is 25.7. The highest BCUT2D eigenvalue weighted by atomic mass is 32.1. The third-order valence-electron chi connectivity index (χ3n) is 5.69. The minimum Gasteiger partial charge on any atom is -0.388 e. The van der Waals surface area contributed by atoms with E-state index in [1.54, 1.807) is 0 Å². The van der Waals surface area contributed by atoms with Crippen LogP contribution in [-0.2, 0) is 0 Å². The lowest BCUT2D eigenvalue weighted by molar-refractivity contribution is 0.0465. The van der Waals surface area contributed by atoms with Crippen LogP contribution in [0.5, 0.6) is 0 Å².